The van der Waals surface area contributed by atoms with Crippen molar-refractivity contribution in [2.75, 3.05) is 0 Å². The summed E-state index contributed by atoms with van der Waals surface area (Å²) in [7, 11) is 0. The zero-order chi connectivity index (χ0) is 15.4. The number of hydrogen-bond donors (Lipinski definition) is 1. The Balaban J connectivity index is 1.70. The maximum Gasteiger partial charge on any atom is 0.251 e. The lowest BCUT2D eigenvalue weighted by Crippen LogP contribution is -2.26. The molecule has 3 rings (SSSR count). The van der Waals surface area contributed by atoms with Crippen molar-refractivity contribution >= 4 is 5.91 Å². The Morgan fingerprint density at radius 2 is 1.82 bits per heavy atom. The molecule has 0 aliphatic carbocycles. The summed E-state index contributed by atoms with van der Waals surface area (Å²) in [4.78, 5) is 12.3. The molecule has 1 amide bonds. The van der Waals surface area contributed by atoms with E-state index in [2.05, 4.69) is 15.5 Å². The Bertz CT molecular complexity index is 737. The van der Waals surface area contributed by atoms with Crippen LogP contribution >= 0.6 is 0 Å². The summed E-state index contributed by atoms with van der Waals surface area (Å²) in [5.41, 5.74) is 2.44. The van der Waals surface area contributed by atoms with Gasteiger partial charge in [0.25, 0.3) is 5.91 Å². The zero-order valence-corrected chi connectivity index (χ0v) is 12.1. The first-order chi connectivity index (χ1) is 10.7. The van der Waals surface area contributed by atoms with Gasteiger partial charge in [-0.1, -0.05) is 30.3 Å². The van der Waals surface area contributed by atoms with Crippen LogP contribution in [0.1, 0.15) is 28.9 Å². The highest BCUT2D eigenvalue weighted by molar-refractivity contribution is 5.94. The number of carbonyl (C=O) groups excluding carboxylic acids is 1. The molecule has 110 valence electrons. The second-order valence-electron chi connectivity index (χ2n) is 4.93. The molecule has 0 unspecified atom stereocenters. The van der Waals surface area contributed by atoms with E-state index in [1.165, 1.54) is 6.39 Å². The van der Waals surface area contributed by atoms with Crippen LogP contribution in [0.15, 0.2) is 65.4 Å². The van der Waals surface area contributed by atoms with Gasteiger partial charge in [-0.25, -0.2) is 0 Å². The maximum absolute atomic E-state index is 12.3. The number of rotatable bonds is 4. The number of amides is 1. The van der Waals surface area contributed by atoms with Crippen molar-refractivity contribution in [3.8, 4) is 11.5 Å². The number of nitrogens with one attached hydrogen (secondary N) is 1. The molecule has 0 spiro atoms. The minimum absolute atomic E-state index is 0.0516. The molecule has 1 N–H and O–H groups in total. The van der Waals surface area contributed by atoms with Crippen LogP contribution in [0, 0.1) is 0 Å². The molecule has 0 aliphatic heterocycles. The third kappa shape index (κ3) is 3.03. The molecule has 2 aromatic carbocycles. The number of nitrogens with zero attached hydrogens (tertiary/aromatic N) is 2. The lowest BCUT2D eigenvalue weighted by atomic mass is 10.1. The van der Waals surface area contributed by atoms with Crippen LogP contribution in [0.2, 0.25) is 0 Å². The molecule has 1 aromatic heterocycles. The van der Waals surface area contributed by atoms with Crippen molar-refractivity contribution in [3.05, 3.63) is 72.1 Å². The summed E-state index contributed by atoms with van der Waals surface area (Å²) in [6, 6.07) is 16.9. The van der Waals surface area contributed by atoms with Gasteiger partial charge in [0, 0.05) is 11.1 Å². The standard InChI is InChI=1S/C17H15N3O2/c1-12(13-5-3-2-4-6-13)19-16(21)14-7-9-15(10-8-14)17-20-18-11-22-17/h2-12H,1H3,(H,19,21)/t12-/m0/s1. The first-order valence-corrected chi connectivity index (χ1v) is 6.96. The van der Waals surface area contributed by atoms with Gasteiger partial charge in [0.15, 0.2) is 0 Å². The summed E-state index contributed by atoms with van der Waals surface area (Å²) >= 11 is 0. The summed E-state index contributed by atoms with van der Waals surface area (Å²) in [6.45, 7) is 1.96. The Labute approximate surface area is 128 Å². The van der Waals surface area contributed by atoms with Gasteiger partial charge in [-0.05, 0) is 36.8 Å². The van der Waals surface area contributed by atoms with Crippen molar-refractivity contribution in [2.45, 2.75) is 13.0 Å². The molecule has 22 heavy (non-hydrogen) atoms. The Morgan fingerprint density at radius 3 is 2.45 bits per heavy atom. The van der Waals surface area contributed by atoms with Gasteiger partial charge in [0.05, 0.1) is 6.04 Å². The van der Waals surface area contributed by atoms with Crippen molar-refractivity contribution in [3.63, 3.8) is 0 Å². The topological polar surface area (TPSA) is 68.0 Å². The third-order valence-corrected chi connectivity index (χ3v) is 3.40. The predicted octanol–water partition coefficient (Wildman–Crippen LogP) is 3.23. The molecule has 5 heteroatoms. The normalized spacial score (nSPS) is 11.9. The van der Waals surface area contributed by atoms with Gasteiger partial charge >= 0.3 is 0 Å². The van der Waals surface area contributed by atoms with Gasteiger partial charge in [-0.3, -0.25) is 4.79 Å². The summed E-state index contributed by atoms with van der Waals surface area (Å²) < 4.78 is 5.12. The van der Waals surface area contributed by atoms with E-state index in [9.17, 15) is 4.79 Å². The Morgan fingerprint density at radius 1 is 1.09 bits per heavy atom. The molecule has 0 saturated carbocycles. The first-order valence-electron chi connectivity index (χ1n) is 6.96. The highest BCUT2D eigenvalue weighted by Gasteiger charge is 2.12. The van der Waals surface area contributed by atoms with Gasteiger partial charge in [-0.15, -0.1) is 10.2 Å². The average Bonchev–Trinajstić information content (AvgIpc) is 3.10. The molecular formula is C17H15N3O2. The molecule has 5 nitrogen and oxygen atoms in total. The number of carbonyl (C=O) groups is 1. The van der Waals surface area contributed by atoms with Crippen LogP contribution in [0.5, 0.6) is 0 Å². The fourth-order valence-electron chi connectivity index (χ4n) is 2.17. The van der Waals surface area contributed by atoms with Crippen LogP contribution < -0.4 is 5.32 Å². The molecular weight excluding hydrogens is 278 g/mol. The second kappa shape index (κ2) is 6.22. The third-order valence-electron chi connectivity index (χ3n) is 3.40. The fraction of sp³-hybridized carbons (Fsp3) is 0.118. The monoisotopic (exact) mass is 293 g/mol. The summed E-state index contributed by atoms with van der Waals surface area (Å²) in [6.07, 6.45) is 1.28. The number of aromatic nitrogens is 2. The molecule has 0 aliphatic rings. The predicted molar refractivity (Wildman–Crippen MR) is 82.1 cm³/mol. The molecule has 0 radical (unpaired) electrons. The highest BCUT2D eigenvalue weighted by atomic mass is 16.4. The minimum atomic E-state index is -0.117. The summed E-state index contributed by atoms with van der Waals surface area (Å²) in [5, 5.41) is 10.4. The van der Waals surface area contributed by atoms with Crippen LogP contribution in [-0.4, -0.2) is 16.1 Å². The van der Waals surface area contributed by atoms with Crippen LogP contribution in [-0.2, 0) is 0 Å². The first kappa shape index (κ1) is 14.0. The minimum Gasteiger partial charge on any atom is -0.423 e. The van der Waals surface area contributed by atoms with E-state index in [0.717, 1.165) is 11.1 Å². The van der Waals surface area contributed by atoms with Gasteiger partial charge < -0.3 is 9.73 Å². The lowest BCUT2D eigenvalue weighted by molar-refractivity contribution is 0.0940. The van der Waals surface area contributed by atoms with Crippen LogP contribution in [0.25, 0.3) is 11.5 Å². The van der Waals surface area contributed by atoms with E-state index in [-0.39, 0.29) is 11.9 Å². The SMILES string of the molecule is C[C@H](NC(=O)c1ccc(-c2nnco2)cc1)c1ccccc1. The molecule has 3 aromatic rings. The van der Waals surface area contributed by atoms with Crippen molar-refractivity contribution in [1.29, 1.82) is 0 Å². The molecule has 0 saturated heterocycles. The maximum atomic E-state index is 12.3. The van der Waals surface area contributed by atoms with E-state index in [1.54, 1.807) is 24.3 Å². The molecule has 0 fully saturated rings. The van der Waals surface area contributed by atoms with Crippen LogP contribution in [0.4, 0.5) is 0 Å². The second-order valence-corrected chi connectivity index (χ2v) is 4.93. The van der Waals surface area contributed by atoms with E-state index < -0.39 is 0 Å². The zero-order valence-electron chi connectivity index (χ0n) is 12.1. The van der Waals surface area contributed by atoms with E-state index in [0.29, 0.717) is 11.5 Å². The van der Waals surface area contributed by atoms with Gasteiger partial charge in [0.2, 0.25) is 12.3 Å². The van der Waals surface area contributed by atoms with E-state index in [4.69, 9.17) is 4.42 Å². The molecule has 0 bridgehead atoms. The lowest BCUT2D eigenvalue weighted by Gasteiger charge is -2.14. The fourth-order valence-corrected chi connectivity index (χ4v) is 2.17. The average molecular weight is 293 g/mol. The highest BCUT2D eigenvalue weighted by Crippen LogP contribution is 2.17. The van der Waals surface area contributed by atoms with Gasteiger partial charge in [-0.2, -0.15) is 0 Å². The van der Waals surface area contributed by atoms with Crippen molar-refractivity contribution in [1.82, 2.24) is 15.5 Å². The largest absolute Gasteiger partial charge is 0.423 e. The quantitative estimate of drug-likeness (QED) is 0.802. The number of benzene rings is 2. The van der Waals surface area contributed by atoms with Crippen LogP contribution in [0.3, 0.4) is 0 Å². The Hall–Kier alpha value is -2.95. The van der Waals surface area contributed by atoms with Crippen molar-refractivity contribution < 1.29 is 9.21 Å². The number of hydrogen-bond acceptors (Lipinski definition) is 4. The smallest absolute Gasteiger partial charge is 0.251 e. The Kier molecular flexibility index (Phi) is 3.96. The molecule has 1 atom stereocenters. The van der Waals surface area contributed by atoms with E-state index >= 15 is 0 Å². The van der Waals surface area contributed by atoms with Crippen molar-refractivity contribution in [2.24, 2.45) is 0 Å². The molecule has 1 heterocycles. The summed E-state index contributed by atoms with van der Waals surface area (Å²) in [5.74, 6) is 0.318. The van der Waals surface area contributed by atoms with E-state index in [1.807, 2.05) is 37.3 Å². The van der Waals surface area contributed by atoms with Gasteiger partial charge in [0.1, 0.15) is 0 Å².